The van der Waals surface area contributed by atoms with Crippen molar-refractivity contribution in [3.05, 3.63) is 29.3 Å². The molecule has 0 unspecified atom stereocenters. The lowest BCUT2D eigenvalue weighted by Gasteiger charge is -2.10. The van der Waals surface area contributed by atoms with Gasteiger partial charge in [0, 0.05) is 5.88 Å². The third kappa shape index (κ3) is 4.50. The molecule has 1 aromatic carbocycles. The lowest BCUT2D eigenvalue weighted by molar-refractivity contribution is 0.270. The average Bonchev–Trinajstić information content (AvgIpc) is 2.26. The summed E-state index contributed by atoms with van der Waals surface area (Å²) >= 11 is 5.51. The molecule has 0 bridgehead atoms. The Morgan fingerprint density at radius 1 is 1.24 bits per heavy atom. The zero-order valence-corrected chi connectivity index (χ0v) is 10.9. The Morgan fingerprint density at radius 3 is 2.29 bits per heavy atom. The van der Waals surface area contributed by atoms with E-state index in [1.54, 1.807) is 0 Å². The molecule has 0 radical (unpaired) electrons. The van der Waals surface area contributed by atoms with Crippen LogP contribution in [0.3, 0.4) is 0 Å². The van der Waals surface area contributed by atoms with Gasteiger partial charge in [-0.05, 0) is 36.5 Å². The number of hydrogen-bond acceptors (Lipinski definition) is 1. The van der Waals surface area contributed by atoms with E-state index in [0.29, 0.717) is 18.1 Å². The van der Waals surface area contributed by atoms with Gasteiger partial charge < -0.3 is 4.74 Å². The summed E-state index contributed by atoms with van der Waals surface area (Å²) in [4.78, 5) is 0. The van der Waals surface area contributed by atoms with Crippen LogP contribution in [0.25, 0.3) is 0 Å². The Hall–Kier alpha value is -0.830. The molecule has 0 spiro atoms. The highest BCUT2D eigenvalue weighted by Crippen LogP contribution is 2.24. The number of alkyl halides is 1. The lowest BCUT2D eigenvalue weighted by atomic mass is 10.1. The number of ether oxygens (including phenoxy) is 1. The maximum Gasteiger partial charge on any atom is 0.190 e. The summed E-state index contributed by atoms with van der Waals surface area (Å²) in [7, 11) is 0. The van der Waals surface area contributed by atoms with Crippen molar-refractivity contribution in [3.63, 3.8) is 0 Å². The second-order valence-electron chi connectivity index (χ2n) is 4.41. The number of rotatable bonds is 6. The fourth-order valence-corrected chi connectivity index (χ4v) is 1.65. The topological polar surface area (TPSA) is 9.23 Å². The van der Waals surface area contributed by atoms with Crippen LogP contribution in [-0.2, 0) is 5.88 Å². The van der Waals surface area contributed by atoms with Crippen LogP contribution in [-0.4, -0.2) is 6.61 Å². The molecule has 1 nitrogen and oxygen atoms in total. The van der Waals surface area contributed by atoms with Gasteiger partial charge in [0.2, 0.25) is 0 Å². The predicted octanol–water partition coefficient (Wildman–Crippen LogP) is 4.52. The smallest absolute Gasteiger partial charge is 0.190 e. The van der Waals surface area contributed by atoms with E-state index in [-0.39, 0.29) is 11.6 Å². The molecule has 4 heteroatoms. The average molecular weight is 263 g/mol. The SMILES string of the molecule is CC(C)CCCOc1c(F)cc(CCl)cc1F. The molecule has 17 heavy (non-hydrogen) atoms. The number of halogens is 3. The molecular weight excluding hydrogens is 246 g/mol. The van der Waals surface area contributed by atoms with Gasteiger partial charge in [0.15, 0.2) is 17.4 Å². The van der Waals surface area contributed by atoms with Gasteiger partial charge in [-0.2, -0.15) is 0 Å². The Labute approximate surface area is 106 Å². The third-order valence-electron chi connectivity index (χ3n) is 2.38. The first-order chi connectivity index (χ1) is 8.04. The van der Waals surface area contributed by atoms with Gasteiger partial charge in [0.25, 0.3) is 0 Å². The van der Waals surface area contributed by atoms with Gasteiger partial charge in [-0.15, -0.1) is 11.6 Å². The highest BCUT2D eigenvalue weighted by Gasteiger charge is 2.12. The van der Waals surface area contributed by atoms with Gasteiger partial charge in [-0.1, -0.05) is 13.8 Å². The largest absolute Gasteiger partial charge is 0.488 e. The van der Waals surface area contributed by atoms with Crippen molar-refractivity contribution in [2.45, 2.75) is 32.6 Å². The molecule has 0 aliphatic heterocycles. The first-order valence-corrected chi connectivity index (χ1v) is 6.24. The van der Waals surface area contributed by atoms with E-state index in [1.807, 2.05) is 0 Å². The van der Waals surface area contributed by atoms with Gasteiger partial charge in [0.1, 0.15) is 0 Å². The van der Waals surface area contributed by atoms with Crippen molar-refractivity contribution in [2.75, 3.05) is 6.61 Å². The molecule has 0 aliphatic rings. The number of benzene rings is 1. The van der Waals surface area contributed by atoms with E-state index >= 15 is 0 Å². The Balaban J connectivity index is 2.59. The Morgan fingerprint density at radius 2 is 1.82 bits per heavy atom. The number of hydrogen-bond donors (Lipinski definition) is 0. The minimum atomic E-state index is -0.690. The van der Waals surface area contributed by atoms with E-state index < -0.39 is 11.6 Å². The minimum absolute atomic E-state index is 0.0848. The van der Waals surface area contributed by atoms with Gasteiger partial charge >= 0.3 is 0 Å². The Kier molecular flexibility index (Phi) is 5.69. The van der Waals surface area contributed by atoms with Crippen molar-refractivity contribution in [1.82, 2.24) is 0 Å². The zero-order valence-electron chi connectivity index (χ0n) is 10.1. The van der Waals surface area contributed by atoms with Crippen LogP contribution in [0.4, 0.5) is 8.78 Å². The highest BCUT2D eigenvalue weighted by molar-refractivity contribution is 6.17. The summed E-state index contributed by atoms with van der Waals surface area (Å²) in [5.41, 5.74) is 0.413. The third-order valence-corrected chi connectivity index (χ3v) is 2.69. The van der Waals surface area contributed by atoms with Crippen LogP contribution in [0.15, 0.2) is 12.1 Å². The predicted molar refractivity (Wildman–Crippen MR) is 65.5 cm³/mol. The summed E-state index contributed by atoms with van der Waals surface area (Å²) in [6.07, 6.45) is 1.76. The highest BCUT2D eigenvalue weighted by atomic mass is 35.5. The van der Waals surface area contributed by atoms with Crippen molar-refractivity contribution in [3.8, 4) is 5.75 Å². The van der Waals surface area contributed by atoms with Crippen LogP contribution in [0.2, 0.25) is 0 Å². The van der Waals surface area contributed by atoms with Gasteiger partial charge in [0.05, 0.1) is 6.61 Å². The lowest BCUT2D eigenvalue weighted by Crippen LogP contribution is -2.03. The van der Waals surface area contributed by atoms with Gasteiger partial charge in [-0.25, -0.2) is 8.78 Å². The molecule has 0 atom stereocenters. The Bertz CT molecular complexity index is 343. The van der Waals surface area contributed by atoms with E-state index in [1.165, 1.54) is 12.1 Å². The maximum absolute atomic E-state index is 13.5. The second kappa shape index (κ2) is 6.80. The summed E-state index contributed by atoms with van der Waals surface area (Å²) in [5, 5.41) is 0. The van der Waals surface area contributed by atoms with E-state index in [4.69, 9.17) is 16.3 Å². The quantitative estimate of drug-likeness (QED) is 0.541. The van der Waals surface area contributed by atoms with E-state index in [0.717, 1.165) is 12.8 Å². The first kappa shape index (κ1) is 14.2. The minimum Gasteiger partial charge on any atom is -0.488 e. The fraction of sp³-hybridized carbons (Fsp3) is 0.538. The molecule has 0 aliphatic carbocycles. The summed E-state index contributed by atoms with van der Waals surface area (Å²) in [6.45, 7) is 4.51. The normalized spacial score (nSPS) is 10.9. The maximum atomic E-state index is 13.5. The molecule has 0 saturated carbocycles. The van der Waals surface area contributed by atoms with Crippen LogP contribution < -0.4 is 4.74 Å². The zero-order chi connectivity index (χ0) is 12.8. The summed E-state index contributed by atoms with van der Waals surface area (Å²) in [5.74, 6) is -1.04. The molecule has 1 rings (SSSR count). The van der Waals surface area contributed by atoms with Crippen molar-refractivity contribution in [2.24, 2.45) is 5.92 Å². The molecule has 96 valence electrons. The molecular formula is C13H17ClF2O. The monoisotopic (exact) mass is 262 g/mol. The van der Waals surface area contributed by atoms with E-state index in [9.17, 15) is 8.78 Å². The molecule has 0 saturated heterocycles. The molecule has 0 heterocycles. The molecule has 0 N–H and O–H groups in total. The van der Waals surface area contributed by atoms with Crippen LogP contribution in [0.1, 0.15) is 32.3 Å². The standard InChI is InChI=1S/C13H17ClF2O/c1-9(2)4-3-5-17-13-11(15)6-10(8-14)7-12(13)16/h6-7,9H,3-5,8H2,1-2H3. The first-order valence-electron chi connectivity index (χ1n) is 5.71. The van der Waals surface area contributed by atoms with Crippen LogP contribution in [0.5, 0.6) is 5.75 Å². The van der Waals surface area contributed by atoms with Crippen molar-refractivity contribution < 1.29 is 13.5 Å². The molecule has 0 fully saturated rings. The molecule has 0 aromatic heterocycles. The van der Waals surface area contributed by atoms with Gasteiger partial charge in [-0.3, -0.25) is 0 Å². The van der Waals surface area contributed by atoms with Crippen molar-refractivity contribution in [1.29, 1.82) is 0 Å². The second-order valence-corrected chi connectivity index (χ2v) is 4.67. The summed E-state index contributed by atoms with van der Waals surface area (Å²) < 4.78 is 32.0. The van der Waals surface area contributed by atoms with Crippen LogP contribution in [0, 0.1) is 17.6 Å². The molecule has 0 amide bonds. The van der Waals surface area contributed by atoms with E-state index in [2.05, 4.69) is 13.8 Å². The fourth-order valence-electron chi connectivity index (χ4n) is 1.49. The molecule has 1 aromatic rings. The summed E-state index contributed by atoms with van der Waals surface area (Å²) in [6, 6.07) is 2.40. The van der Waals surface area contributed by atoms with Crippen molar-refractivity contribution >= 4 is 11.6 Å². The van der Waals surface area contributed by atoms with Crippen LogP contribution >= 0.6 is 11.6 Å².